The summed E-state index contributed by atoms with van der Waals surface area (Å²) in [5, 5.41) is 1.54. The van der Waals surface area contributed by atoms with Gasteiger partial charge in [-0.05, 0) is 12.1 Å². The van der Waals surface area contributed by atoms with Gasteiger partial charge >= 0.3 is 0 Å². The lowest BCUT2D eigenvalue weighted by Gasteiger charge is -1.99. The van der Waals surface area contributed by atoms with E-state index in [4.69, 9.17) is 11.6 Å². The molecule has 0 aliphatic rings. The first-order valence-electron chi connectivity index (χ1n) is 4.74. The van der Waals surface area contributed by atoms with Gasteiger partial charge in [0.25, 0.3) is 0 Å². The summed E-state index contributed by atoms with van der Waals surface area (Å²) in [4.78, 5) is 15.3. The molecule has 0 saturated heterocycles. The zero-order valence-corrected chi connectivity index (χ0v) is 8.94. The number of pyridine rings is 1. The van der Waals surface area contributed by atoms with Crippen molar-refractivity contribution in [1.82, 2.24) is 19.9 Å². The van der Waals surface area contributed by atoms with E-state index in [0.717, 1.165) is 22.3 Å². The van der Waals surface area contributed by atoms with E-state index in [9.17, 15) is 0 Å². The maximum absolute atomic E-state index is 6.06. The number of aromatic nitrogens is 4. The minimum Gasteiger partial charge on any atom is -0.345 e. The first-order valence-corrected chi connectivity index (χ1v) is 5.12. The summed E-state index contributed by atoms with van der Waals surface area (Å²) in [6.07, 6.45) is 6.66. The average Bonchev–Trinajstić information content (AvgIpc) is 2.74. The number of nitrogens with zero attached hydrogens (tertiary/aromatic N) is 3. The van der Waals surface area contributed by atoms with Gasteiger partial charge in [-0.15, -0.1) is 0 Å². The van der Waals surface area contributed by atoms with Gasteiger partial charge in [0.2, 0.25) is 0 Å². The summed E-state index contributed by atoms with van der Waals surface area (Å²) >= 11 is 6.06. The Bertz CT molecular complexity index is 647. The highest BCUT2D eigenvalue weighted by molar-refractivity contribution is 6.33. The standard InChI is InChI=1S/C11H7ClN4/c12-9-5-13-6-16-10(9)8-4-15-11-7(8)2-1-3-14-11/h1-6H,(H,14,15). The highest BCUT2D eigenvalue weighted by Crippen LogP contribution is 2.30. The van der Waals surface area contributed by atoms with Crippen molar-refractivity contribution >= 4 is 22.6 Å². The topological polar surface area (TPSA) is 54.5 Å². The molecule has 0 unspecified atom stereocenters. The molecule has 0 spiro atoms. The second kappa shape index (κ2) is 3.57. The van der Waals surface area contributed by atoms with Crippen molar-refractivity contribution in [3.8, 4) is 11.3 Å². The highest BCUT2D eigenvalue weighted by Gasteiger charge is 2.10. The maximum atomic E-state index is 6.06. The SMILES string of the molecule is Clc1cncnc1-c1c[nH]c2ncccc12. The van der Waals surface area contributed by atoms with E-state index in [0.29, 0.717) is 5.02 Å². The fourth-order valence-corrected chi connectivity index (χ4v) is 1.87. The van der Waals surface area contributed by atoms with Gasteiger partial charge in [0.15, 0.2) is 0 Å². The summed E-state index contributed by atoms with van der Waals surface area (Å²) in [5.74, 6) is 0. The van der Waals surface area contributed by atoms with E-state index < -0.39 is 0 Å². The van der Waals surface area contributed by atoms with Crippen molar-refractivity contribution in [1.29, 1.82) is 0 Å². The predicted octanol–water partition coefficient (Wildman–Crippen LogP) is 2.67. The molecule has 3 aromatic rings. The molecule has 0 aromatic carbocycles. The molecule has 0 bridgehead atoms. The van der Waals surface area contributed by atoms with Crippen molar-refractivity contribution in [2.45, 2.75) is 0 Å². The zero-order chi connectivity index (χ0) is 11.0. The minimum atomic E-state index is 0.534. The Morgan fingerprint density at radius 3 is 3.06 bits per heavy atom. The number of H-pyrrole nitrogens is 1. The summed E-state index contributed by atoms with van der Waals surface area (Å²) < 4.78 is 0. The van der Waals surface area contributed by atoms with Crippen molar-refractivity contribution in [3.05, 3.63) is 42.1 Å². The summed E-state index contributed by atoms with van der Waals surface area (Å²) in [7, 11) is 0. The number of fused-ring (bicyclic) bond motifs is 1. The third-order valence-electron chi connectivity index (χ3n) is 2.37. The van der Waals surface area contributed by atoms with Gasteiger partial charge < -0.3 is 4.98 Å². The molecule has 4 nitrogen and oxygen atoms in total. The Balaban J connectivity index is 2.31. The Morgan fingerprint density at radius 2 is 2.19 bits per heavy atom. The van der Waals surface area contributed by atoms with E-state index in [1.54, 1.807) is 12.4 Å². The molecular formula is C11H7ClN4. The number of hydrogen-bond acceptors (Lipinski definition) is 3. The molecule has 78 valence electrons. The van der Waals surface area contributed by atoms with E-state index in [-0.39, 0.29) is 0 Å². The van der Waals surface area contributed by atoms with Crippen LogP contribution in [0.15, 0.2) is 37.1 Å². The Labute approximate surface area is 96.3 Å². The molecule has 1 N–H and O–H groups in total. The van der Waals surface area contributed by atoms with Crippen LogP contribution >= 0.6 is 11.6 Å². The maximum Gasteiger partial charge on any atom is 0.137 e. The Morgan fingerprint density at radius 1 is 1.25 bits per heavy atom. The van der Waals surface area contributed by atoms with Crippen LogP contribution in [0, 0.1) is 0 Å². The van der Waals surface area contributed by atoms with Crippen LogP contribution in [0.5, 0.6) is 0 Å². The largest absolute Gasteiger partial charge is 0.345 e. The van der Waals surface area contributed by atoms with Crippen LogP contribution in [-0.2, 0) is 0 Å². The molecule has 0 aliphatic heterocycles. The van der Waals surface area contributed by atoms with Crippen LogP contribution in [0.4, 0.5) is 0 Å². The van der Waals surface area contributed by atoms with E-state index in [1.807, 2.05) is 18.3 Å². The summed E-state index contributed by atoms with van der Waals surface area (Å²) in [6.45, 7) is 0. The van der Waals surface area contributed by atoms with Crippen LogP contribution in [-0.4, -0.2) is 19.9 Å². The van der Waals surface area contributed by atoms with Gasteiger partial charge in [0.05, 0.1) is 10.7 Å². The summed E-state index contributed by atoms with van der Waals surface area (Å²) in [5.41, 5.74) is 2.48. The Kier molecular flexibility index (Phi) is 2.08. The normalized spacial score (nSPS) is 10.8. The van der Waals surface area contributed by atoms with Crippen LogP contribution in [0.25, 0.3) is 22.3 Å². The van der Waals surface area contributed by atoms with E-state index in [2.05, 4.69) is 19.9 Å². The second-order valence-corrected chi connectivity index (χ2v) is 3.73. The van der Waals surface area contributed by atoms with Crippen molar-refractivity contribution in [3.63, 3.8) is 0 Å². The molecule has 0 atom stereocenters. The number of nitrogens with one attached hydrogen (secondary N) is 1. The van der Waals surface area contributed by atoms with Crippen LogP contribution in [0.2, 0.25) is 5.02 Å². The highest BCUT2D eigenvalue weighted by atomic mass is 35.5. The van der Waals surface area contributed by atoms with Crippen molar-refractivity contribution in [2.24, 2.45) is 0 Å². The van der Waals surface area contributed by atoms with Crippen LogP contribution in [0.3, 0.4) is 0 Å². The van der Waals surface area contributed by atoms with Gasteiger partial charge in [-0.1, -0.05) is 11.6 Å². The smallest absolute Gasteiger partial charge is 0.137 e. The van der Waals surface area contributed by atoms with Gasteiger partial charge in [-0.2, -0.15) is 0 Å². The molecule has 0 radical (unpaired) electrons. The number of rotatable bonds is 1. The first-order chi connectivity index (χ1) is 7.86. The second-order valence-electron chi connectivity index (χ2n) is 3.32. The molecule has 3 aromatic heterocycles. The fourth-order valence-electron chi connectivity index (χ4n) is 1.66. The molecule has 0 saturated carbocycles. The van der Waals surface area contributed by atoms with Crippen LogP contribution in [0.1, 0.15) is 0 Å². The molecular weight excluding hydrogens is 224 g/mol. The molecule has 0 fully saturated rings. The number of aromatic amines is 1. The third-order valence-corrected chi connectivity index (χ3v) is 2.65. The molecule has 3 heterocycles. The molecule has 3 rings (SSSR count). The third kappa shape index (κ3) is 1.35. The fraction of sp³-hybridized carbons (Fsp3) is 0. The van der Waals surface area contributed by atoms with Gasteiger partial charge in [0.1, 0.15) is 12.0 Å². The van der Waals surface area contributed by atoms with E-state index in [1.165, 1.54) is 6.33 Å². The lowest BCUT2D eigenvalue weighted by atomic mass is 10.1. The van der Waals surface area contributed by atoms with E-state index >= 15 is 0 Å². The van der Waals surface area contributed by atoms with Gasteiger partial charge in [0, 0.05) is 29.5 Å². The van der Waals surface area contributed by atoms with Crippen molar-refractivity contribution < 1.29 is 0 Å². The molecule has 5 heteroatoms. The summed E-state index contributed by atoms with van der Waals surface area (Å²) in [6, 6.07) is 3.86. The predicted molar refractivity (Wildman–Crippen MR) is 62.1 cm³/mol. The lowest BCUT2D eigenvalue weighted by molar-refractivity contribution is 1.17. The Hall–Kier alpha value is -1.94. The zero-order valence-electron chi connectivity index (χ0n) is 8.18. The molecule has 16 heavy (non-hydrogen) atoms. The van der Waals surface area contributed by atoms with Gasteiger partial charge in [-0.25, -0.2) is 15.0 Å². The molecule has 0 amide bonds. The van der Waals surface area contributed by atoms with Crippen LogP contribution < -0.4 is 0 Å². The minimum absolute atomic E-state index is 0.534. The van der Waals surface area contributed by atoms with Crippen molar-refractivity contribution in [2.75, 3.05) is 0 Å². The first kappa shape index (κ1) is 9.30. The number of halogens is 1. The van der Waals surface area contributed by atoms with Gasteiger partial charge in [-0.3, -0.25) is 0 Å². The monoisotopic (exact) mass is 230 g/mol. The average molecular weight is 231 g/mol. The quantitative estimate of drug-likeness (QED) is 0.699. The lowest BCUT2D eigenvalue weighted by Crippen LogP contribution is -1.85. The molecule has 0 aliphatic carbocycles. The number of hydrogen-bond donors (Lipinski definition) is 1.